The number of alkyl halides is 2. The van der Waals surface area contributed by atoms with Gasteiger partial charge in [0.05, 0.1) is 17.1 Å². The minimum absolute atomic E-state index is 0. The summed E-state index contributed by atoms with van der Waals surface area (Å²) in [5.41, 5.74) is 2.88. The fourth-order valence-electron chi connectivity index (χ4n) is 3.60. The third-order valence-corrected chi connectivity index (χ3v) is 6.46. The van der Waals surface area contributed by atoms with Crippen LogP contribution in [0.25, 0.3) is 0 Å². The van der Waals surface area contributed by atoms with Crippen molar-refractivity contribution in [3.8, 4) is 0 Å². The minimum atomic E-state index is -4.29. The molecule has 0 amide bonds. The van der Waals surface area contributed by atoms with Gasteiger partial charge < -0.3 is 14.6 Å². The van der Waals surface area contributed by atoms with Crippen LogP contribution in [0.2, 0.25) is 0 Å². The predicted molar refractivity (Wildman–Crippen MR) is 126 cm³/mol. The van der Waals surface area contributed by atoms with Crippen LogP contribution in [0.15, 0.2) is 41.3 Å². The number of ether oxygens (including phenoxy) is 2. The van der Waals surface area contributed by atoms with Crippen LogP contribution in [0.5, 0.6) is 0 Å². The van der Waals surface area contributed by atoms with Crippen LogP contribution in [0, 0.1) is 27.7 Å². The van der Waals surface area contributed by atoms with E-state index in [2.05, 4.69) is 19.8 Å². The zero-order chi connectivity index (χ0) is 25.8. The number of aryl methyl sites for hydroxylation is 4. The predicted octanol–water partition coefficient (Wildman–Crippen LogP) is 3.79. The van der Waals surface area contributed by atoms with Crippen LogP contribution in [-0.4, -0.2) is 50.5 Å². The Kier molecular flexibility index (Phi) is 11.7. The second-order valence-electron chi connectivity index (χ2n) is 7.85. The number of carbonyl (C=O) groups excluding carboxylic acids is 1. The van der Waals surface area contributed by atoms with Crippen molar-refractivity contribution in [1.29, 1.82) is 0 Å². The molecular weight excluding hydrogens is 557 g/mol. The molecule has 0 aliphatic carbocycles. The van der Waals surface area contributed by atoms with Crippen molar-refractivity contribution in [3.63, 3.8) is 0 Å². The number of esters is 1. The van der Waals surface area contributed by atoms with Gasteiger partial charge in [0.15, 0.2) is 6.10 Å². The maximum atomic E-state index is 14.5. The first kappa shape index (κ1) is 31.9. The van der Waals surface area contributed by atoms with E-state index in [1.807, 2.05) is 6.92 Å². The van der Waals surface area contributed by atoms with Crippen LogP contribution >= 0.6 is 8.02 Å². The van der Waals surface area contributed by atoms with E-state index in [0.29, 0.717) is 11.1 Å². The fraction of sp³-hybridized carbons (Fsp3) is 0.409. The third-order valence-electron chi connectivity index (χ3n) is 5.16. The number of hydrogen-bond acceptors (Lipinski definition) is 8. The minimum Gasteiger partial charge on any atom is -0.449 e. The summed E-state index contributed by atoms with van der Waals surface area (Å²) < 4.78 is 68.5. The standard InChI is InChI=1S/C22H24F2O7S.HPS.Ti/c1-12-5-7-16(8-6-12)32(27,28)29-11-17-19(22(23,24)21(26)30-17)31-20(25)18-14(3)9-13(2)10-15(18)4;1-2;/h5-10,17,19,21,26H,11H2,1-4H3;1H;/t17-,19-,21?;;/m1../s1. The van der Waals surface area contributed by atoms with E-state index < -0.39 is 47.1 Å². The number of halogens is 2. The summed E-state index contributed by atoms with van der Waals surface area (Å²) in [7, 11) is -1.73. The number of hydrogen-bond donors (Lipinski definition) is 1. The summed E-state index contributed by atoms with van der Waals surface area (Å²) in [6.45, 7) is 6.00. The molecule has 0 bridgehead atoms. The molecule has 2 aromatic carbocycles. The Balaban J connectivity index is 0.00000199. The average molecular weight is 582 g/mol. The molecule has 0 aromatic heterocycles. The van der Waals surface area contributed by atoms with E-state index in [9.17, 15) is 27.1 Å². The maximum absolute atomic E-state index is 14.5. The molecule has 1 N–H and O–H groups in total. The number of aliphatic hydroxyl groups excluding tert-OH is 1. The number of aliphatic hydroxyl groups is 1. The van der Waals surface area contributed by atoms with Gasteiger partial charge in [-0.1, -0.05) is 47.2 Å². The molecule has 3 atom stereocenters. The van der Waals surface area contributed by atoms with Gasteiger partial charge in [-0.3, -0.25) is 4.18 Å². The molecule has 0 saturated carbocycles. The molecule has 1 saturated heterocycles. The molecule has 0 radical (unpaired) electrons. The van der Waals surface area contributed by atoms with Gasteiger partial charge in [0, 0.05) is 21.7 Å². The van der Waals surface area contributed by atoms with Crippen LogP contribution in [-0.2, 0) is 57.3 Å². The maximum Gasteiger partial charge on any atom is 0.339 e. The van der Waals surface area contributed by atoms with E-state index >= 15 is 0 Å². The normalized spacial score (nSPS) is 20.8. The van der Waals surface area contributed by atoms with E-state index in [0.717, 1.165) is 11.1 Å². The third kappa shape index (κ3) is 7.43. The van der Waals surface area contributed by atoms with Crippen molar-refractivity contribution < 1.29 is 62.5 Å². The van der Waals surface area contributed by atoms with Gasteiger partial charge in [-0.2, -0.15) is 17.2 Å². The van der Waals surface area contributed by atoms with E-state index in [4.69, 9.17) is 13.7 Å². The Hall–Kier alpha value is -1.17. The quantitative estimate of drug-likeness (QED) is 0.238. The average Bonchev–Trinajstić information content (AvgIpc) is 2.96. The summed E-state index contributed by atoms with van der Waals surface area (Å²) >= 11 is 3.89. The van der Waals surface area contributed by atoms with Gasteiger partial charge >= 0.3 is 11.9 Å². The van der Waals surface area contributed by atoms with Gasteiger partial charge in [-0.25, -0.2) is 4.79 Å². The van der Waals surface area contributed by atoms with Crippen molar-refractivity contribution in [2.24, 2.45) is 0 Å². The van der Waals surface area contributed by atoms with E-state index in [-0.39, 0.29) is 32.2 Å². The molecule has 1 heterocycles. The zero-order valence-corrected chi connectivity index (χ0v) is 23.6. The summed E-state index contributed by atoms with van der Waals surface area (Å²) in [5, 5.41) is 9.64. The van der Waals surface area contributed by atoms with Gasteiger partial charge in [-0.05, 0) is 59.0 Å². The molecule has 7 nitrogen and oxygen atoms in total. The second kappa shape index (κ2) is 12.9. The second-order valence-corrected chi connectivity index (χ2v) is 9.47. The Morgan fingerprint density at radius 1 is 1.09 bits per heavy atom. The Morgan fingerprint density at radius 3 is 2.11 bits per heavy atom. The Morgan fingerprint density at radius 2 is 1.60 bits per heavy atom. The van der Waals surface area contributed by atoms with Gasteiger partial charge in [0.25, 0.3) is 10.1 Å². The first-order chi connectivity index (χ1) is 15.8. The summed E-state index contributed by atoms with van der Waals surface area (Å²) in [6.07, 6.45) is -6.55. The molecular formula is C22H25F2O7PS2Ti. The molecule has 13 heteroatoms. The first-order valence-corrected chi connectivity index (χ1v) is 13.0. The molecule has 1 fully saturated rings. The monoisotopic (exact) mass is 582 g/mol. The van der Waals surface area contributed by atoms with Crippen molar-refractivity contribution in [1.82, 2.24) is 0 Å². The smallest absolute Gasteiger partial charge is 0.339 e. The molecule has 1 unspecified atom stereocenters. The molecule has 190 valence electrons. The van der Waals surface area contributed by atoms with Crippen LogP contribution in [0.1, 0.15) is 32.6 Å². The fourth-order valence-corrected chi connectivity index (χ4v) is 4.52. The van der Waals surface area contributed by atoms with Crippen molar-refractivity contribution >= 4 is 35.9 Å². The van der Waals surface area contributed by atoms with Crippen molar-refractivity contribution in [2.75, 3.05) is 6.61 Å². The molecule has 1 aliphatic rings. The van der Waals surface area contributed by atoms with Gasteiger partial charge in [-0.15, -0.1) is 0 Å². The Labute approximate surface area is 225 Å². The molecule has 1 aliphatic heterocycles. The topological polar surface area (TPSA) is 99.1 Å². The van der Waals surface area contributed by atoms with Crippen molar-refractivity contribution in [3.05, 3.63) is 64.2 Å². The SMILES string of the molecule is Cc1ccc(S(=O)(=O)OC[C@H]2OC(O)C(F)(F)[C@@H]2OC(=O)c2c(C)cc(C)cc2C)cc1.P=S.[Ti]. The summed E-state index contributed by atoms with van der Waals surface area (Å²) in [4.78, 5) is 12.5. The van der Waals surface area contributed by atoms with Crippen LogP contribution in [0.3, 0.4) is 0 Å². The Bertz CT molecular complexity index is 1120. The van der Waals surface area contributed by atoms with Gasteiger partial charge in [0.2, 0.25) is 6.29 Å². The molecule has 2 aromatic rings. The summed E-state index contributed by atoms with van der Waals surface area (Å²) in [5.74, 6) is -5.00. The largest absolute Gasteiger partial charge is 0.449 e. The molecule has 3 rings (SSSR count). The van der Waals surface area contributed by atoms with Crippen LogP contribution < -0.4 is 0 Å². The summed E-state index contributed by atoms with van der Waals surface area (Å²) in [6, 6.07) is 9.13. The number of carbonyl (C=O) groups is 1. The van der Waals surface area contributed by atoms with Crippen LogP contribution in [0.4, 0.5) is 8.78 Å². The number of rotatable bonds is 6. The molecule has 35 heavy (non-hydrogen) atoms. The zero-order valence-electron chi connectivity index (χ0n) is 19.4. The van der Waals surface area contributed by atoms with Crippen molar-refractivity contribution in [2.45, 2.75) is 57.0 Å². The number of benzene rings is 2. The molecule has 0 spiro atoms. The first-order valence-electron chi connectivity index (χ1n) is 9.99. The van der Waals surface area contributed by atoms with E-state index in [1.54, 1.807) is 45.0 Å². The van der Waals surface area contributed by atoms with E-state index in [1.165, 1.54) is 12.1 Å². The van der Waals surface area contributed by atoms with Gasteiger partial charge in [0.1, 0.15) is 6.10 Å².